The molecule has 98 valence electrons. The molecule has 2 aliphatic rings. The second kappa shape index (κ2) is 5.83. The van der Waals surface area contributed by atoms with E-state index in [0.717, 1.165) is 32.4 Å². The van der Waals surface area contributed by atoms with E-state index in [1.54, 1.807) is 0 Å². The van der Waals surface area contributed by atoms with Crippen molar-refractivity contribution >= 4 is 5.91 Å². The van der Waals surface area contributed by atoms with Crippen LogP contribution < -0.4 is 5.73 Å². The van der Waals surface area contributed by atoms with Crippen molar-refractivity contribution < 1.29 is 9.53 Å². The summed E-state index contributed by atoms with van der Waals surface area (Å²) in [6.45, 7) is 4.47. The summed E-state index contributed by atoms with van der Waals surface area (Å²) in [6, 6.07) is 0.234. The van der Waals surface area contributed by atoms with Gasteiger partial charge in [-0.1, -0.05) is 6.92 Å². The molecule has 1 amide bonds. The lowest BCUT2D eigenvalue weighted by atomic mass is 9.90. The van der Waals surface area contributed by atoms with Crippen molar-refractivity contribution in [3.63, 3.8) is 0 Å². The number of likely N-dealkylation sites (tertiary alicyclic amines) is 1. The van der Waals surface area contributed by atoms with Crippen LogP contribution in [0.5, 0.6) is 0 Å². The second-order valence-corrected chi connectivity index (χ2v) is 5.35. The molecule has 0 spiro atoms. The molecular formula is C13H24N2O2. The zero-order valence-corrected chi connectivity index (χ0v) is 10.7. The predicted octanol–water partition coefficient (Wildman–Crippen LogP) is 1.14. The van der Waals surface area contributed by atoms with Crippen molar-refractivity contribution in [1.29, 1.82) is 0 Å². The molecule has 0 aromatic rings. The van der Waals surface area contributed by atoms with Gasteiger partial charge >= 0.3 is 0 Å². The summed E-state index contributed by atoms with van der Waals surface area (Å²) in [5.74, 6) is 0.765. The Bertz CT molecular complexity index is 264. The van der Waals surface area contributed by atoms with Gasteiger partial charge in [-0.05, 0) is 31.6 Å². The fourth-order valence-corrected chi connectivity index (χ4v) is 3.04. The molecule has 2 fully saturated rings. The Morgan fingerprint density at radius 3 is 2.88 bits per heavy atom. The number of nitrogens with two attached hydrogens (primary N) is 1. The number of piperidine rings is 1. The van der Waals surface area contributed by atoms with Crippen molar-refractivity contribution in [2.75, 3.05) is 19.7 Å². The van der Waals surface area contributed by atoms with E-state index in [0.29, 0.717) is 18.9 Å². The number of nitrogens with zero attached hydrogens (tertiary/aromatic N) is 1. The highest BCUT2D eigenvalue weighted by Crippen LogP contribution is 2.25. The first-order valence-corrected chi connectivity index (χ1v) is 6.83. The third-order valence-electron chi connectivity index (χ3n) is 4.10. The molecule has 0 aromatic carbocycles. The third-order valence-corrected chi connectivity index (χ3v) is 4.10. The average Bonchev–Trinajstić information content (AvgIpc) is 2.81. The van der Waals surface area contributed by atoms with Crippen LogP contribution in [0.15, 0.2) is 0 Å². The quantitative estimate of drug-likeness (QED) is 0.805. The second-order valence-electron chi connectivity index (χ2n) is 5.35. The first kappa shape index (κ1) is 12.8. The van der Waals surface area contributed by atoms with Crippen molar-refractivity contribution in [2.24, 2.45) is 11.7 Å². The van der Waals surface area contributed by atoms with Gasteiger partial charge in [0.15, 0.2) is 0 Å². The molecule has 4 nitrogen and oxygen atoms in total. The van der Waals surface area contributed by atoms with E-state index in [-0.39, 0.29) is 18.1 Å². The summed E-state index contributed by atoms with van der Waals surface area (Å²) < 4.78 is 5.53. The molecule has 0 radical (unpaired) electrons. The van der Waals surface area contributed by atoms with E-state index in [4.69, 9.17) is 10.5 Å². The minimum Gasteiger partial charge on any atom is -0.378 e. The van der Waals surface area contributed by atoms with E-state index >= 15 is 0 Å². The Hall–Kier alpha value is -0.610. The SMILES string of the molecule is CC1CCCN(C(=O)CC2CCCO2)C1CN. The van der Waals surface area contributed by atoms with E-state index in [2.05, 4.69) is 6.92 Å². The minimum atomic E-state index is 0.151. The summed E-state index contributed by atoms with van der Waals surface area (Å²) in [5.41, 5.74) is 5.80. The van der Waals surface area contributed by atoms with Gasteiger partial charge in [-0.2, -0.15) is 0 Å². The van der Waals surface area contributed by atoms with Crippen molar-refractivity contribution in [2.45, 2.75) is 51.2 Å². The molecule has 2 saturated heterocycles. The van der Waals surface area contributed by atoms with Crippen LogP contribution in [0.25, 0.3) is 0 Å². The molecular weight excluding hydrogens is 216 g/mol. The third kappa shape index (κ3) is 2.99. The van der Waals surface area contributed by atoms with Crippen LogP contribution in [0.2, 0.25) is 0 Å². The van der Waals surface area contributed by atoms with Gasteiger partial charge in [-0.15, -0.1) is 0 Å². The van der Waals surface area contributed by atoms with E-state index in [9.17, 15) is 4.79 Å². The van der Waals surface area contributed by atoms with Crippen LogP contribution in [-0.4, -0.2) is 42.6 Å². The standard InChI is InChI=1S/C13H24N2O2/c1-10-4-2-6-15(12(10)9-14)13(16)8-11-5-3-7-17-11/h10-12H,2-9,14H2,1H3. The van der Waals surface area contributed by atoms with Crippen molar-refractivity contribution in [3.05, 3.63) is 0 Å². The molecule has 17 heavy (non-hydrogen) atoms. The highest BCUT2D eigenvalue weighted by Gasteiger charge is 2.32. The normalized spacial score (nSPS) is 34.0. The molecule has 2 heterocycles. The number of carbonyl (C=O) groups is 1. The van der Waals surface area contributed by atoms with Crippen LogP contribution in [0.3, 0.4) is 0 Å². The first-order valence-electron chi connectivity index (χ1n) is 6.83. The first-order chi connectivity index (χ1) is 8.22. The van der Waals surface area contributed by atoms with Gasteiger partial charge in [-0.25, -0.2) is 0 Å². The largest absolute Gasteiger partial charge is 0.378 e. The van der Waals surface area contributed by atoms with Gasteiger partial charge in [0, 0.05) is 25.7 Å². The van der Waals surface area contributed by atoms with Gasteiger partial charge < -0.3 is 15.4 Å². The monoisotopic (exact) mass is 240 g/mol. The average molecular weight is 240 g/mol. The van der Waals surface area contributed by atoms with Gasteiger partial charge in [0.1, 0.15) is 0 Å². The molecule has 0 aliphatic carbocycles. The van der Waals surface area contributed by atoms with Gasteiger partial charge in [-0.3, -0.25) is 4.79 Å². The van der Waals surface area contributed by atoms with Gasteiger partial charge in [0.25, 0.3) is 0 Å². The summed E-state index contributed by atoms with van der Waals surface area (Å²) >= 11 is 0. The van der Waals surface area contributed by atoms with E-state index in [1.807, 2.05) is 4.90 Å². The molecule has 3 atom stereocenters. The Balaban J connectivity index is 1.91. The smallest absolute Gasteiger partial charge is 0.225 e. The topological polar surface area (TPSA) is 55.6 Å². The maximum absolute atomic E-state index is 12.3. The maximum atomic E-state index is 12.3. The highest BCUT2D eigenvalue weighted by atomic mass is 16.5. The van der Waals surface area contributed by atoms with E-state index < -0.39 is 0 Å². The van der Waals surface area contributed by atoms with E-state index in [1.165, 1.54) is 6.42 Å². The number of rotatable bonds is 3. The fraction of sp³-hybridized carbons (Fsp3) is 0.923. The van der Waals surface area contributed by atoms with Crippen LogP contribution in [0.1, 0.15) is 39.0 Å². The van der Waals surface area contributed by atoms with Crippen molar-refractivity contribution in [1.82, 2.24) is 4.90 Å². The predicted molar refractivity (Wildman–Crippen MR) is 66.5 cm³/mol. The fourth-order valence-electron chi connectivity index (χ4n) is 3.04. The number of hydrogen-bond acceptors (Lipinski definition) is 3. The molecule has 0 bridgehead atoms. The lowest BCUT2D eigenvalue weighted by Gasteiger charge is -2.39. The number of amides is 1. The van der Waals surface area contributed by atoms with Crippen LogP contribution in [-0.2, 0) is 9.53 Å². The highest BCUT2D eigenvalue weighted by molar-refractivity contribution is 5.77. The molecule has 0 aromatic heterocycles. The number of ether oxygens (including phenoxy) is 1. The molecule has 3 unspecified atom stereocenters. The number of hydrogen-bond donors (Lipinski definition) is 1. The Morgan fingerprint density at radius 1 is 1.41 bits per heavy atom. The van der Waals surface area contributed by atoms with Crippen molar-refractivity contribution in [3.8, 4) is 0 Å². The Labute approximate surface area is 103 Å². The zero-order chi connectivity index (χ0) is 12.3. The summed E-state index contributed by atoms with van der Waals surface area (Å²) in [7, 11) is 0. The molecule has 2 aliphatic heterocycles. The Kier molecular flexibility index (Phi) is 4.40. The van der Waals surface area contributed by atoms with Crippen LogP contribution >= 0.6 is 0 Å². The summed E-state index contributed by atoms with van der Waals surface area (Å²) in [6.07, 6.45) is 5.11. The molecule has 0 saturated carbocycles. The number of carbonyl (C=O) groups excluding carboxylic acids is 1. The lowest BCUT2D eigenvalue weighted by Crippen LogP contribution is -2.51. The van der Waals surface area contributed by atoms with Crippen LogP contribution in [0.4, 0.5) is 0 Å². The molecule has 4 heteroatoms. The zero-order valence-electron chi connectivity index (χ0n) is 10.7. The molecule has 2 rings (SSSR count). The van der Waals surface area contributed by atoms with Gasteiger partial charge in [0.2, 0.25) is 5.91 Å². The van der Waals surface area contributed by atoms with Crippen LogP contribution in [0, 0.1) is 5.92 Å². The minimum absolute atomic E-state index is 0.151. The summed E-state index contributed by atoms with van der Waals surface area (Å²) in [5, 5.41) is 0. The Morgan fingerprint density at radius 2 is 2.24 bits per heavy atom. The maximum Gasteiger partial charge on any atom is 0.225 e. The summed E-state index contributed by atoms with van der Waals surface area (Å²) in [4.78, 5) is 14.3. The lowest BCUT2D eigenvalue weighted by molar-refractivity contribution is -0.138. The molecule has 2 N–H and O–H groups in total. The van der Waals surface area contributed by atoms with Gasteiger partial charge in [0.05, 0.1) is 12.5 Å².